The molecule has 236 valence electrons. The second kappa shape index (κ2) is 14.1. The Morgan fingerprint density at radius 1 is 1.07 bits per heavy atom. The fourth-order valence-electron chi connectivity index (χ4n) is 5.11. The van der Waals surface area contributed by atoms with Crippen molar-refractivity contribution < 1.29 is 23.7 Å². The van der Waals surface area contributed by atoms with Crippen molar-refractivity contribution in [3.63, 3.8) is 0 Å². The number of ether oxygens (including phenoxy) is 4. The van der Waals surface area contributed by atoms with Crippen LogP contribution in [0.1, 0.15) is 36.5 Å². The van der Waals surface area contributed by atoms with E-state index in [1.165, 1.54) is 11.8 Å². The molecule has 12 heteroatoms. The third-order valence-electron chi connectivity index (χ3n) is 7.59. The van der Waals surface area contributed by atoms with Crippen LogP contribution < -0.4 is 19.8 Å². The molecule has 5 rings (SSSR count). The van der Waals surface area contributed by atoms with E-state index in [-0.39, 0.29) is 24.0 Å². The van der Waals surface area contributed by atoms with Gasteiger partial charge in [-0.3, -0.25) is 9.59 Å². The number of carbonyl (C=O) groups is 1. The minimum Gasteiger partial charge on any atom is -0.496 e. The number of halogens is 2. The molecule has 0 atom stereocenters. The van der Waals surface area contributed by atoms with Gasteiger partial charge in [-0.1, -0.05) is 26.0 Å². The van der Waals surface area contributed by atoms with Crippen molar-refractivity contribution in [1.29, 1.82) is 0 Å². The average Bonchev–Trinajstić information content (AvgIpc) is 3.05. The van der Waals surface area contributed by atoms with Crippen LogP contribution in [0.2, 0.25) is 0 Å². The first-order chi connectivity index (χ1) is 21.6. The van der Waals surface area contributed by atoms with Gasteiger partial charge in [0, 0.05) is 28.7 Å². The van der Waals surface area contributed by atoms with Gasteiger partial charge in [0.25, 0.3) is 11.5 Å². The van der Waals surface area contributed by atoms with Crippen molar-refractivity contribution in [3.8, 4) is 28.6 Å². The average molecular weight is 742 g/mol. The van der Waals surface area contributed by atoms with Crippen LogP contribution in [0.15, 0.2) is 61.3 Å². The number of carbonyl (C=O) groups excluding carboxylic acids is 1. The van der Waals surface area contributed by atoms with E-state index in [1.54, 1.807) is 36.4 Å². The van der Waals surface area contributed by atoms with E-state index in [0.29, 0.717) is 69.0 Å². The van der Waals surface area contributed by atoms with Gasteiger partial charge in [0.05, 0.1) is 49.0 Å². The number of nitrogens with zero attached hydrogens (tertiary/aromatic N) is 4. The lowest BCUT2D eigenvalue weighted by Gasteiger charge is -2.27. The van der Waals surface area contributed by atoms with E-state index >= 15 is 0 Å². The maximum atomic E-state index is 13.9. The number of benzene rings is 3. The van der Waals surface area contributed by atoms with Crippen LogP contribution >= 0.6 is 31.9 Å². The summed E-state index contributed by atoms with van der Waals surface area (Å²) in [5.74, 6) is 1.97. The number of aromatic nitrogens is 2. The molecule has 0 saturated carbocycles. The SMILES string of the molecule is COc1cc(C)c(-c2nc3ccccc3c(=O)n2N=Cc2cc(OC)c(OCC(=O)N3CCOCC3)c(Br)c2Br)cc1C(C)C. The van der Waals surface area contributed by atoms with Gasteiger partial charge in [0.15, 0.2) is 23.9 Å². The molecule has 1 fully saturated rings. The number of amides is 1. The highest BCUT2D eigenvalue weighted by molar-refractivity contribution is 9.13. The molecule has 1 aromatic heterocycles. The Morgan fingerprint density at radius 2 is 1.78 bits per heavy atom. The van der Waals surface area contributed by atoms with Crippen molar-refractivity contribution in [2.45, 2.75) is 26.7 Å². The Hall–Kier alpha value is -3.74. The van der Waals surface area contributed by atoms with Crippen LogP contribution in [0.25, 0.3) is 22.3 Å². The molecule has 2 heterocycles. The summed E-state index contributed by atoms with van der Waals surface area (Å²) in [5.41, 5.74) is 3.52. The van der Waals surface area contributed by atoms with E-state index in [1.807, 2.05) is 31.2 Å². The number of rotatable bonds is 9. The molecule has 1 amide bonds. The zero-order valence-corrected chi connectivity index (χ0v) is 28.9. The molecule has 1 saturated heterocycles. The zero-order valence-electron chi connectivity index (χ0n) is 25.7. The maximum Gasteiger partial charge on any atom is 0.282 e. The molecule has 0 aliphatic carbocycles. The normalized spacial score (nSPS) is 13.6. The summed E-state index contributed by atoms with van der Waals surface area (Å²) in [6.45, 7) is 8.04. The number of hydrogen-bond acceptors (Lipinski definition) is 8. The number of hydrogen-bond donors (Lipinski definition) is 0. The van der Waals surface area contributed by atoms with E-state index in [9.17, 15) is 9.59 Å². The van der Waals surface area contributed by atoms with E-state index in [2.05, 4.69) is 50.8 Å². The van der Waals surface area contributed by atoms with Gasteiger partial charge >= 0.3 is 0 Å². The van der Waals surface area contributed by atoms with Crippen LogP contribution in [0.4, 0.5) is 0 Å². The predicted octanol–water partition coefficient (Wildman–Crippen LogP) is 6.16. The van der Waals surface area contributed by atoms with Gasteiger partial charge in [-0.2, -0.15) is 9.78 Å². The molecule has 1 aliphatic rings. The fraction of sp³-hybridized carbons (Fsp3) is 0.333. The highest BCUT2D eigenvalue weighted by atomic mass is 79.9. The van der Waals surface area contributed by atoms with E-state index < -0.39 is 0 Å². The summed E-state index contributed by atoms with van der Waals surface area (Å²) in [4.78, 5) is 33.2. The monoisotopic (exact) mass is 740 g/mol. The molecule has 0 unspecified atom stereocenters. The molecule has 0 bridgehead atoms. The van der Waals surface area contributed by atoms with Gasteiger partial charge in [-0.05, 0) is 86.2 Å². The van der Waals surface area contributed by atoms with E-state index in [4.69, 9.17) is 23.9 Å². The Balaban J connectivity index is 1.57. The number of fused-ring (bicyclic) bond motifs is 1. The molecule has 1 aliphatic heterocycles. The minimum atomic E-state index is -0.308. The summed E-state index contributed by atoms with van der Waals surface area (Å²) < 4.78 is 25.0. The van der Waals surface area contributed by atoms with Crippen molar-refractivity contribution in [2.75, 3.05) is 47.1 Å². The van der Waals surface area contributed by atoms with Gasteiger partial charge < -0.3 is 23.8 Å². The van der Waals surface area contributed by atoms with Crippen molar-refractivity contribution >= 4 is 54.9 Å². The minimum absolute atomic E-state index is 0.140. The quantitative estimate of drug-likeness (QED) is 0.190. The zero-order chi connectivity index (χ0) is 32.2. The Labute approximate surface area is 278 Å². The topological polar surface area (TPSA) is 104 Å². The van der Waals surface area contributed by atoms with Gasteiger partial charge in [0.1, 0.15) is 5.75 Å². The lowest BCUT2D eigenvalue weighted by molar-refractivity contribution is -0.137. The highest BCUT2D eigenvalue weighted by Crippen LogP contribution is 2.42. The lowest BCUT2D eigenvalue weighted by Crippen LogP contribution is -2.43. The second-order valence-electron chi connectivity index (χ2n) is 10.8. The smallest absolute Gasteiger partial charge is 0.282 e. The standard InChI is InChI=1S/C33H34Br2N4O6/c1-19(2)23-16-24(20(3)14-26(23)42-4)32-37-25-9-7-6-8-22(25)33(41)39(32)36-17-21-15-27(43-5)31(30(35)29(21)34)45-18-28(40)38-10-12-44-13-11-38/h6-9,14-17,19H,10-13,18H2,1-5H3. The lowest BCUT2D eigenvalue weighted by atomic mass is 9.96. The summed E-state index contributed by atoms with van der Waals surface area (Å²) >= 11 is 7.21. The molecule has 4 aromatic rings. The predicted molar refractivity (Wildman–Crippen MR) is 181 cm³/mol. The van der Waals surface area contributed by atoms with Crippen LogP contribution in [-0.2, 0) is 9.53 Å². The van der Waals surface area contributed by atoms with Crippen molar-refractivity contribution in [1.82, 2.24) is 14.6 Å². The number of para-hydroxylation sites is 1. The molecule has 45 heavy (non-hydrogen) atoms. The summed E-state index contributed by atoms with van der Waals surface area (Å²) in [5, 5.41) is 5.11. The van der Waals surface area contributed by atoms with Gasteiger partial charge in [-0.25, -0.2) is 4.98 Å². The summed E-state index contributed by atoms with van der Waals surface area (Å²) in [7, 11) is 3.17. The largest absolute Gasteiger partial charge is 0.496 e. The van der Waals surface area contributed by atoms with E-state index in [0.717, 1.165) is 22.4 Å². The number of aryl methyl sites for hydroxylation is 1. The first kappa shape index (κ1) is 32.6. The molecular formula is C33H34Br2N4O6. The Kier molecular flexibility index (Phi) is 10.3. The molecule has 10 nitrogen and oxygen atoms in total. The summed E-state index contributed by atoms with van der Waals surface area (Å²) in [6, 6.07) is 12.9. The third-order valence-corrected chi connectivity index (χ3v) is 9.73. The first-order valence-corrected chi connectivity index (χ1v) is 16.0. The van der Waals surface area contributed by atoms with Gasteiger partial charge in [-0.15, -0.1) is 0 Å². The molecule has 3 aromatic carbocycles. The molecular weight excluding hydrogens is 708 g/mol. The van der Waals surface area contributed by atoms with Crippen LogP contribution in [0.3, 0.4) is 0 Å². The fourth-order valence-corrected chi connectivity index (χ4v) is 6.05. The highest BCUT2D eigenvalue weighted by Gasteiger charge is 2.22. The van der Waals surface area contributed by atoms with Crippen molar-refractivity contribution in [3.05, 3.63) is 78.5 Å². The summed E-state index contributed by atoms with van der Waals surface area (Å²) in [6.07, 6.45) is 1.56. The van der Waals surface area contributed by atoms with Gasteiger partial charge in [0.2, 0.25) is 0 Å². The Bertz CT molecular complexity index is 1830. The molecule has 0 radical (unpaired) electrons. The van der Waals surface area contributed by atoms with Crippen molar-refractivity contribution in [2.24, 2.45) is 5.10 Å². The van der Waals surface area contributed by atoms with Crippen LogP contribution in [0, 0.1) is 6.92 Å². The maximum absolute atomic E-state index is 13.9. The van der Waals surface area contributed by atoms with Crippen LogP contribution in [-0.4, -0.2) is 73.8 Å². The first-order valence-electron chi connectivity index (χ1n) is 14.4. The second-order valence-corrected chi connectivity index (χ2v) is 12.4. The number of methoxy groups -OCH3 is 2. The number of morpholine rings is 1. The molecule has 0 N–H and O–H groups in total. The van der Waals surface area contributed by atoms with Crippen LogP contribution in [0.5, 0.6) is 17.2 Å². The Morgan fingerprint density at radius 3 is 2.47 bits per heavy atom. The third kappa shape index (κ3) is 6.78. The molecule has 0 spiro atoms.